The Morgan fingerprint density at radius 1 is 1.13 bits per heavy atom. The maximum atomic E-state index is 12.1. The number of carbonyl (C=O) groups excluding carboxylic acids is 1. The van der Waals surface area contributed by atoms with Crippen molar-refractivity contribution < 1.29 is 24.9 Å². The van der Waals surface area contributed by atoms with Crippen LogP contribution < -0.4 is 0 Å². The van der Waals surface area contributed by atoms with Crippen LogP contribution in [0.1, 0.15) is 73.7 Å². The molecular weight excluding hydrogens is 392 g/mol. The molecule has 0 heterocycles. The lowest BCUT2D eigenvalue weighted by molar-refractivity contribution is -0.120. The van der Waals surface area contributed by atoms with Gasteiger partial charge in [-0.2, -0.15) is 0 Å². The van der Waals surface area contributed by atoms with Gasteiger partial charge in [-0.05, 0) is 85.3 Å². The quantitative estimate of drug-likeness (QED) is 0.684. The maximum absolute atomic E-state index is 12.1. The third kappa shape index (κ3) is 2.97. The van der Waals surface area contributed by atoms with E-state index in [0.29, 0.717) is 24.7 Å². The summed E-state index contributed by atoms with van der Waals surface area (Å²) >= 11 is 0. The zero-order valence-electron chi connectivity index (χ0n) is 17.9. The molecule has 1 aromatic rings. The number of hydrogen-bond acceptors (Lipinski definition) is 4. The molecule has 2 saturated carbocycles. The fraction of sp³-hybridized carbons (Fsp3) is 0.538. The van der Waals surface area contributed by atoms with Crippen molar-refractivity contribution in [3.63, 3.8) is 0 Å². The van der Waals surface area contributed by atoms with Crippen molar-refractivity contribution in [1.29, 1.82) is 0 Å². The number of carboxylic acids is 1. The van der Waals surface area contributed by atoms with Gasteiger partial charge < -0.3 is 15.3 Å². The average Bonchev–Trinajstić information content (AvgIpc) is 3.04. The summed E-state index contributed by atoms with van der Waals surface area (Å²) in [7, 11) is 0. The maximum Gasteiger partial charge on any atom is 0.335 e. The van der Waals surface area contributed by atoms with E-state index in [1.54, 1.807) is 12.1 Å². The molecular formula is C26H30O5. The van der Waals surface area contributed by atoms with Gasteiger partial charge in [-0.3, -0.25) is 4.79 Å². The smallest absolute Gasteiger partial charge is 0.335 e. The predicted octanol–water partition coefficient (Wildman–Crippen LogP) is 4.01. The predicted molar refractivity (Wildman–Crippen MR) is 116 cm³/mol. The number of aliphatic hydroxyl groups excluding tert-OH is 1. The van der Waals surface area contributed by atoms with Gasteiger partial charge in [0.2, 0.25) is 0 Å². The number of allylic oxidation sites excluding steroid dienone is 4. The number of carboxylic acid groups (broad SMARTS) is 1. The highest BCUT2D eigenvalue weighted by Crippen LogP contribution is 2.66. The number of hydrogen-bond donors (Lipinski definition) is 3. The van der Waals surface area contributed by atoms with Gasteiger partial charge in [0.05, 0.1) is 17.8 Å². The van der Waals surface area contributed by atoms with Crippen molar-refractivity contribution in [2.24, 2.45) is 17.3 Å². The lowest BCUT2D eigenvalue weighted by atomic mass is 9.51. The number of benzene rings is 1. The number of carbonyl (C=O) groups is 2. The number of ketones is 1. The van der Waals surface area contributed by atoms with Crippen molar-refractivity contribution in [2.75, 3.05) is 6.61 Å². The summed E-state index contributed by atoms with van der Waals surface area (Å²) in [5.41, 5.74) is 3.72. The largest absolute Gasteiger partial charge is 0.478 e. The monoisotopic (exact) mass is 422 g/mol. The summed E-state index contributed by atoms with van der Waals surface area (Å²) in [5, 5.41) is 30.8. The van der Waals surface area contributed by atoms with Crippen LogP contribution in [0.2, 0.25) is 0 Å². The highest BCUT2D eigenvalue weighted by atomic mass is 16.4. The van der Waals surface area contributed by atoms with Crippen molar-refractivity contribution in [1.82, 2.24) is 0 Å². The summed E-state index contributed by atoms with van der Waals surface area (Å²) in [4.78, 5) is 23.4. The lowest BCUT2D eigenvalue weighted by Gasteiger charge is -2.54. The summed E-state index contributed by atoms with van der Waals surface area (Å²) < 4.78 is 0. The van der Waals surface area contributed by atoms with Crippen LogP contribution in [-0.4, -0.2) is 39.3 Å². The molecule has 5 heteroatoms. The van der Waals surface area contributed by atoms with Gasteiger partial charge in [-0.15, -0.1) is 0 Å². The van der Waals surface area contributed by atoms with Gasteiger partial charge in [0.25, 0.3) is 0 Å². The van der Waals surface area contributed by atoms with Crippen LogP contribution >= 0.6 is 0 Å². The summed E-state index contributed by atoms with van der Waals surface area (Å²) in [6.07, 6.45) is 7.23. The molecule has 2 fully saturated rings. The fourth-order valence-electron chi connectivity index (χ4n) is 7.17. The molecule has 0 spiro atoms. The molecule has 0 aromatic heterocycles. The van der Waals surface area contributed by atoms with Crippen LogP contribution in [0.3, 0.4) is 0 Å². The average molecular weight is 423 g/mol. The molecule has 0 amide bonds. The second kappa shape index (κ2) is 7.14. The minimum Gasteiger partial charge on any atom is -0.478 e. The second-order valence-corrected chi connectivity index (χ2v) is 10.2. The van der Waals surface area contributed by atoms with Gasteiger partial charge in [0, 0.05) is 17.8 Å². The van der Waals surface area contributed by atoms with Gasteiger partial charge in [0.15, 0.2) is 5.78 Å². The van der Waals surface area contributed by atoms with E-state index < -0.39 is 17.0 Å². The molecule has 5 atom stereocenters. The van der Waals surface area contributed by atoms with E-state index in [1.165, 1.54) is 16.7 Å². The summed E-state index contributed by atoms with van der Waals surface area (Å²) in [6.45, 7) is 1.90. The van der Waals surface area contributed by atoms with Crippen LogP contribution in [-0.2, 0) is 4.79 Å². The van der Waals surface area contributed by atoms with Crippen molar-refractivity contribution in [2.45, 2.75) is 63.4 Å². The van der Waals surface area contributed by atoms with E-state index in [4.69, 9.17) is 0 Å². The fourth-order valence-corrected chi connectivity index (χ4v) is 7.17. The standard InChI is InChI=1S/C26H30O5/c1-25-13-21(15-2-4-16(5-3-15)24(29)30)23-19-9-7-18(28)12-17(19)6-8-20(23)22(25)10-11-26(25,31)14-27/h2-5,12,20-22,27,31H,6-11,13-14H2,1H3,(H,29,30)/t20-,21+,22-,25-,26+/m0/s1. The van der Waals surface area contributed by atoms with Crippen molar-refractivity contribution >= 4 is 11.8 Å². The van der Waals surface area contributed by atoms with Gasteiger partial charge in [-0.1, -0.05) is 24.6 Å². The third-order valence-electron chi connectivity index (χ3n) is 8.88. The van der Waals surface area contributed by atoms with E-state index in [9.17, 15) is 24.9 Å². The summed E-state index contributed by atoms with van der Waals surface area (Å²) in [5.74, 6) is -0.0561. The second-order valence-electron chi connectivity index (χ2n) is 10.2. The van der Waals surface area contributed by atoms with Crippen molar-refractivity contribution in [3.05, 3.63) is 58.2 Å². The number of fused-ring (bicyclic) bond motifs is 4. The Morgan fingerprint density at radius 2 is 1.87 bits per heavy atom. The number of aromatic carboxylic acids is 1. The van der Waals surface area contributed by atoms with Gasteiger partial charge >= 0.3 is 5.97 Å². The zero-order chi connectivity index (χ0) is 22.0. The first-order chi connectivity index (χ1) is 14.8. The number of rotatable bonds is 3. The van der Waals surface area contributed by atoms with E-state index in [0.717, 1.165) is 37.7 Å². The van der Waals surface area contributed by atoms with Crippen LogP contribution in [0, 0.1) is 17.3 Å². The topological polar surface area (TPSA) is 94.8 Å². The molecule has 5 rings (SSSR count). The number of aliphatic hydroxyl groups is 2. The van der Waals surface area contributed by atoms with Crippen LogP contribution in [0.4, 0.5) is 0 Å². The van der Waals surface area contributed by atoms with E-state index >= 15 is 0 Å². The Hall–Kier alpha value is -2.24. The zero-order valence-corrected chi connectivity index (χ0v) is 17.9. The van der Waals surface area contributed by atoms with Crippen LogP contribution in [0.15, 0.2) is 47.1 Å². The first-order valence-corrected chi connectivity index (χ1v) is 11.4. The molecule has 164 valence electrons. The molecule has 31 heavy (non-hydrogen) atoms. The molecule has 5 nitrogen and oxygen atoms in total. The van der Waals surface area contributed by atoms with E-state index in [1.807, 2.05) is 18.2 Å². The molecule has 0 saturated heterocycles. The Kier molecular flexibility index (Phi) is 4.76. The normalized spacial score (nSPS) is 37.1. The molecule has 0 radical (unpaired) electrons. The highest BCUT2D eigenvalue weighted by Gasteiger charge is 2.62. The highest BCUT2D eigenvalue weighted by molar-refractivity contribution is 5.93. The van der Waals surface area contributed by atoms with Gasteiger partial charge in [0.1, 0.15) is 0 Å². The molecule has 4 aliphatic rings. The Balaban J connectivity index is 1.67. The SMILES string of the molecule is C[C@]12C[C@H](c3ccc(C(=O)O)cc3)C3=C4CCC(=O)C=C4CC[C@H]3[C@@H]1CC[C@@]2(O)CO. The van der Waals surface area contributed by atoms with Crippen LogP contribution in [0.25, 0.3) is 0 Å². The van der Waals surface area contributed by atoms with E-state index in [2.05, 4.69) is 6.92 Å². The Bertz CT molecular complexity index is 1000. The first kappa shape index (κ1) is 20.7. The minimum absolute atomic E-state index is 0.0529. The molecule has 0 bridgehead atoms. The Morgan fingerprint density at radius 3 is 2.55 bits per heavy atom. The molecule has 0 unspecified atom stereocenters. The van der Waals surface area contributed by atoms with E-state index in [-0.39, 0.29) is 23.9 Å². The molecule has 0 aliphatic heterocycles. The molecule has 4 aliphatic carbocycles. The third-order valence-corrected chi connectivity index (χ3v) is 8.88. The lowest BCUT2D eigenvalue weighted by Crippen LogP contribution is -2.53. The summed E-state index contributed by atoms with van der Waals surface area (Å²) in [6, 6.07) is 7.12. The van der Waals surface area contributed by atoms with Crippen molar-refractivity contribution in [3.8, 4) is 0 Å². The van der Waals surface area contributed by atoms with Crippen LogP contribution in [0.5, 0.6) is 0 Å². The minimum atomic E-state index is -1.09. The Labute approximate surface area is 182 Å². The first-order valence-electron chi connectivity index (χ1n) is 11.4. The van der Waals surface area contributed by atoms with Gasteiger partial charge in [-0.25, -0.2) is 4.79 Å². The molecule has 1 aromatic carbocycles. The molecule has 3 N–H and O–H groups in total.